The minimum atomic E-state index is 0.0656. The third-order valence-corrected chi connectivity index (χ3v) is 5.37. The number of benzene rings is 2. The van der Waals surface area contributed by atoms with Crippen molar-refractivity contribution < 1.29 is 4.79 Å². The van der Waals surface area contributed by atoms with Gasteiger partial charge in [-0.05, 0) is 85.2 Å². The minimum absolute atomic E-state index is 0.0656. The predicted octanol–water partition coefficient (Wildman–Crippen LogP) is 3.76. The summed E-state index contributed by atoms with van der Waals surface area (Å²) in [5.74, 6) is 0.0656. The maximum atomic E-state index is 12.4. The molecule has 4 heteroatoms. The highest BCUT2D eigenvalue weighted by Crippen LogP contribution is 2.27. The lowest BCUT2D eigenvalue weighted by Crippen LogP contribution is -2.23. The Kier molecular flexibility index (Phi) is 4.33. The van der Waals surface area contributed by atoms with Gasteiger partial charge in [0.05, 0.1) is 5.69 Å². The van der Waals surface area contributed by atoms with Crippen LogP contribution in [0.25, 0.3) is 5.69 Å². The molecule has 1 aliphatic rings. The molecule has 132 valence electrons. The van der Waals surface area contributed by atoms with Crippen LogP contribution in [0, 0.1) is 13.8 Å². The number of rotatable bonds is 3. The molecule has 3 aromatic rings. The van der Waals surface area contributed by atoms with E-state index in [0.717, 1.165) is 37.1 Å². The van der Waals surface area contributed by atoms with E-state index in [0.29, 0.717) is 0 Å². The van der Waals surface area contributed by atoms with Gasteiger partial charge in [-0.1, -0.05) is 12.1 Å². The van der Waals surface area contributed by atoms with Gasteiger partial charge in [-0.2, -0.15) is 5.10 Å². The van der Waals surface area contributed by atoms with Crippen LogP contribution in [0.3, 0.4) is 0 Å². The van der Waals surface area contributed by atoms with E-state index in [-0.39, 0.29) is 5.91 Å². The normalized spacial score (nSPS) is 13.8. The zero-order valence-corrected chi connectivity index (χ0v) is 15.2. The van der Waals surface area contributed by atoms with Crippen molar-refractivity contribution in [2.45, 2.75) is 33.1 Å². The van der Waals surface area contributed by atoms with E-state index in [1.54, 1.807) is 6.20 Å². The number of nitrogens with zero attached hydrogens (tertiary/aromatic N) is 2. The molecule has 1 N–H and O–H groups in total. The van der Waals surface area contributed by atoms with Crippen molar-refractivity contribution in [3.8, 4) is 5.69 Å². The SMILES string of the molecule is Cc1c(Cc2ccc(-n3cccn3)cc2)cc2c(c1C)CCCNC2=O. The van der Waals surface area contributed by atoms with Crippen molar-refractivity contribution in [1.29, 1.82) is 0 Å². The van der Waals surface area contributed by atoms with Crippen LogP contribution in [-0.4, -0.2) is 22.2 Å². The van der Waals surface area contributed by atoms with Gasteiger partial charge in [-0.25, -0.2) is 4.68 Å². The van der Waals surface area contributed by atoms with Gasteiger partial charge in [0.15, 0.2) is 0 Å². The van der Waals surface area contributed by atoms with Gasteiger partial charge in [-0.15, -0.1) is 0 Å². The smallest absolute Gasteiger partial charge is 0.251 e. The number of fused-ring (bicyclic) bond motifs is 1. The summed E-state index contributed by atoms with van der Waals surface area (Å²) >= 11 is 0. The van der Waals surface area contributed by atoms with E-state index < -0.39 is 0 Å². The fraction of sp³-hybridized carbons (Fsp3) is 0.273. The Hall–Kier alpha value is -2.88. The Bertz CT molecular complexity index is 941. The maximum absolute atomic E-state index is 12.4. The lowest BCUT2D eigenvalue weighted by molar-refractivity contribution is 0.0956. The van der Waals surface area contributed by atoms with Gasteiger partial charge in [0.2, 0.25) is 0 Å². The molecule has 0 radical (unpaired) electrons. The number of nitrogens with one attached hydrogen (secondary N) is 1. The molecule has 0 spiro atoms. The minimum Gasteiger partial charge on any atom is -0.352 e. The number of aromatic nitrogens is 2. The van der Waals surface area contributed by atoms with Crippen molar-refractivity contribution in [1.82, 2.24) is 15.1 Å². The molecular formula is C22H23N3O. The summed E-state index contributed by atoms with van der Waals surface area (Å²) < 4.78 is 1.85. The van der Waals surface area contributed by atoms with E-state index in [4.69, 9.17) is 0 Å². The Morgan fingerprint density at radius 2 is 1.96 bits per heavy atom. The van der Waals surface area contributed by atoms with E-state index in [9.17, 15) is 4.79 Å². The van der Waals surface area contributed by atoms with Gasteiger partial charge in [0.25, 0.3) is 5.91 Å². The van der Waals surface area contributed by atoms with E-state index >= 15 is 0 Å². The van der Waals surface area contributed by atoms with Crippen molar-refractivity contribution in [3.63, 3.8) is 0 Å². The molecule has 1 amide bonds. The first-order chi connectivity index (χ1) is 12.6. The van der Waals surface area contributed by atoms with E-state index in [2.05, 4.69) is 54.6 Å². The molecule has 4 nitrogen and oxygen atoms in total. The summed E-state index contributed by atoms with van der Waals surface area (Å²) in [6.07, 6.45) is 6.52. The van der Waals surface area contributed by atoms with Gasteiger partial charge in [0.1, 0.15) is 0 Å². The molecule has 2 aromatic carbocycles. The van der Waals surface area contributed by atoms with E-state index in [1.165, 1.54) is 27.8 Å². The molecule has 0 bridgehead atoms. The topological polar surface area (TPSA) is 46.9 Å². The molecule has 0 aliphatic carbocycles. The first-order valence-corrected chi connectivity index (χ1v) is 9.12. The zero-order chi connectivity index (χ0) is 18.1. The number of hydrogen-bond donors (Lipinski definition) is 1. The Labute approximate surface area is 153 Å². The second-order valence-electron chi connectivity index (χ2n) is 6.97. The van der Waals surface area contributed by atoms with Crippen molar-refractivity contribution in [2.75, 3.05) is 6.54 Å². The number of hydrogen-bond acceptors (Lipinski definition) is 2. The molecule has 0 saturated carbocycles. The van der Waals surface area contributed by atoms with Crippen LogP contribution in [0.2, 0.25) is 0 Å². The Balaban J connectivity index is 1.66. The fourth-order valence-corrected chi connectivity index (χ4v) is 3.72. The summed E-state index contributed by atoms with van der Waals surface area (Å²) in [5.41, 5.74) is 8.15. The van der Waals surface area contributed by atoms with Gasteiger partial charge >= 0.3 is 0 Å². The highest BCUT2D eigenvalue weighted by atomic mass is 16.1. The average molecular weight is 345 g/mol. The van der Waals surface area contributed by atoms with Gasteiger partial charge in [-0.3, -0.25) is 4.79 Å². The third-order valence-electron chi connectivity index (χ3n) is 5.37. The molecule has 2 heterocycles. The summed E-state index contributed by atoms with van der Waals surface area (Å²) in [4.78, 5) is 12.4. The summed E-state index contributed by atoms with van der Waals surface area (Å²) in [6, 6.07) is 12.5. The van der Waals surface area contributed by atoms with Crippen LogP contribution in [0.5, 0.6) is 0 Å². The highest BCUT2D eigenvalue weighted by molar-refractivity contribution is 5.96. The molecule has 0 atom stereocenters. The molecule has 0 fully saturated rings. The zero-order valence-electron chi connectivity index (χ0n) is 15.2. The lowest BCUT2D eigenvalue weighted by Gasteiger charge is -2.16. The number of carbonyl (C=O) groups is 1. The van der Waals surface area contributed by atoms with Crippen LogP contribution in [0.15, 0.2) is 48.8 Å². The lowest BCUT2D eigenvalue weighted by atomic mass is 9.88. The summed E-state index contributed by atoms with van der Waals surface area (Å²) in [7, 11) is 0. The first kappa shape index (κ1) is 16.6. The van der Waals surface area contributed by atoms with Crippen molar-refractivity contribution in [3.05, 3.63) is 82.2 Å². The van der Waals surface area contributed by atoms with Crippen LogP contribution >= 0.6 is 0 Å². The van der Waals surface area contributed by atoms with E-state index in [1.807, 2.05) is 16.9 Å². The largest absolute Gasteiger partial charge is 0.352 e. The van der Waals surface area contributed by atoms with Crippen molar-refractivity contribution in [2.24, 2.45) is 0 Å². The van der Waals surface area contributed by atoms with Gasteiger partial charge in [0, 0.05) is 24.5 Å². The molecule has 1 aliphatic heterocycles. The second kappa shape index (κ2) is 6.79. The Morgan fingerprint density at radius 3 is 2.69 bits per heavy atom. The quantitative estimate of drug-likeness (QED) is 0.786. The van der Waals surface area contributed by atoms with Crippen LogP contribution in [-0.2, 0) is 12.8 Å². The van der Waals surface area contributed by atoms with Crippen LogP contribution in [0.1, 0.15) is 44.6 Å². The standard InChI is InChI=1S/C22H23N3O/c1-15-16(2)20-5-3-10-23-22(26)21(20)14-18(15)13-17-6-8-19(9-7-17)25-12-4-11-24-25/h4,6-9,11-12,14H,3,5,10,13H2,1-2H3,(H,23,26). The predicted molar refractivity (Wildman–Crippen MR) is 103 cm³/mol. The molecule has 1 aromatic heterocycles. The van der Waals surface area contributed by atoms with Crippen molar-refractivity contribution >= 4 is 5.91 Å². The summed E-state index contributed by atoms with van der Waals surface area (Å²) in [6.45, 7) is 5.08. The second-order valence-corrected chi connectivity index (χ2v) is 6.97. The highest BCUT2D eigenvalue weighted by Gasteiger charge is 2.20. The van der Waals surface area contributed by atoms with Gasteiger partial charge < -0.3 is 5.32 Å². The molecule has 26 heavy (non-hydrogen) atoms. The molecule has 4 rings (SSSR count). The maximum Gasteiger partial charge on any atom is 0.251 e. The number of amides is 1. The van der Waals surface area contributed by atoms with Crippen LogP contribution < -0.4 is 5.32 Å². The van der Waals surface area contributed by atoms with Crippen LogP contribution in [0.4, 0.5) is 0 Å². The monoisotopic (exact) mass is 345 g/mol. The molecule has 0 unspecified atom stereocenters. The number of carbonyl (C=O) groups excluding carboxylic acids is 1. The summed E-state index contributed by atoms with van der Waals surface area (Å²) in [5, 5.41) is 7.28. The molecular weight excluding hydrogens is 322 g/mol. The molecule has 0 saturated heterocycles. The fourth-order valence-electron chi connectivity index (χ4n) is 3.72. The Morgan fingerprint density at radius 1 is 1.15 bits per heavy atom. The average Bonchev–Trinajstić information content (AvgIpc) is 3.12. The third kappa shape index (κ3) is 3.03. The first-order valence-electron chi connectivity index (χ1n) is 9.12.